The Labute approximate surface area is 196 Å². The third-order valence-electron chi connectivity index (χ3n) is 5.67. The van der Waals surface area contributed by atoms with E-state index in [1.54, 1.807) is 10.7 Å². The molecule has 1 heterocycles. The fourth-order valence-electron chi connectivity index (χ4n) is 3.77. The van der Waals surface area contributed by atoms with Crippen LogP contribution >= 0.6 is 11.6 Å². The van der Waals surface area contributed by atoms with Gasteiger partial charge in [-0.3, -0.25) is 4.79 Å². The van der Waals surface area contributed by atoms with Gasteiger partial charge in [-0.25, -0.2) is 9.67 Å². The Morgan fingerprint density at radius 3 is 2.48 bits per heavy atom. The van der Waals surface area contributed by atoms with E-state index in [1.807, 2.05) is 85.8 Å². The lowest BCUT2D eigenvalue weighted by Gasteiger charge is -2.08. The number of halogens is 1. The molecule has 0 unspecified atom stereocenters. The molecule has 0 aliphatic carbocycles. The fourth-order valence-corrected chi connectivity index (χ4v) is 3.96. The molecule has 1 N–H and O–H groups in total. The fraction of sp³-hybridized carbons (Fsp3) is 0.0741. The minimum absolute atomic E-state index is 0.0798. The summed E-state index contributed by atoms with van der Waals surface area (Å²) < 4.78 is 1.69. The number of amides is 1. The van der Waals surface area contributed by atoms with Crippen LogP contribution in [0.2, 0.25) is 5.02 Å². The van der Waals surface area contributed by atoms with Crippen molar-refractivity contribution >= 4 is 34.0 Å². The Bertz CT molecular complexity index is 1500. The lowest BCUT2D eigenvalue weighted by molar-refractivity contribution is 0.101. The molecule has 5 nitrogen and oxygen atoms in total. The average molecular weight is 453 g/mol. The summed E-state index contributed by atoms with van der Waals surface area (Å²) in [5.74, 6) is 0.247. The number of carbonyl (C=O) groups is 1. The highest BCUT2D eigenvalue weighted by molar-refractivity contribution is 6.30. The lowest BCUT2D eigenvalue weighted by Crippen LogP contribution is -2.14. The zero-order valence-electron chi connectivity index (χ0n) is 18.2. The van der Waals surface area contributed by atoms with Crippen LogP contribution in [0.5, 0.6) is 0 Å². The van der Waals surface area contributed by atoms with Gasteiger partial charge in [0.1, 0.15) is 0 Å². The summed E-state index contributed by atoms with van der Waals surface area (Å²) in [5, 5.41) is 10.1. The smallest absolute Gasteiger partial charge is 0.295 e. The third-order valence-corrected chi connectivity index (χ3v) is 5.90. The van der Waals surface area contributed by atoms with Crippen LogP contribution in [0.25, 0.3) is 27.8 Å². The molecule has 0 atom stereocenters. The topological polar surface area (TPSA) is 59.8 Å². The summed E-state index contributed by atoms with van der Waals surface area (Å²) in [4.78, 5) is 17.8. The second-order valence-electron chi connectivity index (χ2n) is 7.93. The molecule has 1 amide bonds. The number of fused-ring (bicyclic) bond motifs is 1. The van der Waals surface area contributed by atoms with Crippen LogP contribution in [0.3, 0.4) is 0 Å². The predicted molar refractivity (Wildman–Crippen MR) is 133 cm³/mol. The molecule has 0 radical (unpaired) electrons. The highest BCUT2D eigenvalue weighted by Crippen LogP contribution is 2.26. The monoisotopic (exact) mass is 452 g/mol. The first-order chi connectivity index (χ1) is 16.0. The first-order valence-corrected chi connectivity index (χ1v) is 11.0. The molecular weight excluding hydrogens is 432 g/mol. The number of aryl methyl sites for hydroxylation is 2. The van der Waals surface area contributed by atoms with Crippen LogP contribution in [0, 0.1) is 13.8 Å². The number of anilines is 1. The van der Waals surface area contributed by atoms with Gasteiger partial charge in [-0.2, -0.15) is 0 Å². The van der Waals surface area contributed by atoms with Crippen molar-refractivity contribution in [3.05, 3.63) is 107 Å². The van der Waals surface area contributed by atoms with Crippen LogP contribution in [-0.2, 0) is 0 Å². The second kappa shape index (κ2) is 8.52. The summed E-state index contributed by atoms with van der Waals surface area (Å²) >= 11 is 6.23. The summed E-state index contributed by atoms with van der Waals surface area (Å²) in [6.07, 6.45) is 0. The Kier molecular flexibility index (Phi) is 5.40. The van der Waals surface area contributed by atoms with E-state index < -0.39 is 0 Å². The van der Waals surface area contributed by atoms with Crippen molar-refractivity contribution in [3.8, 4) is 17.1 Å². The van der Waals surface area contributed by atoms with Gasteiger partial charge >= 0.3 is 0 Å². The molecule has 0 aliphatic heterocycles. The van der Waals surface area contributed by atoms with Gasteiger partial charge in [0.2, 0.25) is 5.82 Å². The van der Waals surface area contributed by atoms with Crippen LogP contribution in [0.15, 0.2) is 84.9 Å². The van der Waals surface area contributed by atoms with E-state index in [1.165, 1.54) is 5.56 Å². The SMILES string of the molecule is Cc1ccc(-n2nc(C(=O)Nc3cccc4ccccc34)nc2-c2cccc(Cl)c2)cc1C. The van der Waals surface area contributed by atoms with Crippen LogP contribution < -0.4 is 5.32 Å². The number of nitrogens with one attached hydrogen (secondary N) is 1. The molecule has 4 aromatic carbocycles. The maximum Gasteiger partial charge on any atom is 0.295 e. The molecule has 1 aromatic heterocycles. The molecule has 0 saturated carbocycles. The van der Waals surface area contributed by atoms with Crippen LogP contribution in [-0.4, -0.2) is 20.7 Å². The summed E-state index contributed by atoms with van der Waals surface area (Å²) in [6, 6.07) is 27.1. The standard InChI is InChI=1S/C27H21ClN4O/c1-17-13-14-22(15-18(17)2)32-26(20-9-5-10-21(28)16-20)30-25(31-32)27(33)29-24-12-6-8-19-7-3-4-11-23(19)24/h3-16H,1-2H3,(H,29,33). The largest absolute Gasteiger partial charge is 0.319 e. The van der Waals surface area contributed by atoms with E-state index in [4.69, 9.17) is 11.6 Å². The molecular formula is C27H21ClN4O. The molecule has 0 saturated heterocycles. The van der Waals surface area contributed by atoms with Gasteiger partial charge in [0.25, 0.3) is 5.91 Å². The zero-order valence-corrected chi connectivity index (χ0v) is 19.0. The first-order valence-electron chi connectivity index (χ1n) is 10.6. The van der Waals surface area contributed by atoms with Crippen LogP contribution in [0.1, 0.15) is 21.7 Å². The van der Waals surface area contributed by atoms with Crippen molar-refractivity contribution in [1.82, 2.24) is 14.8 Å². The molecule has 5 aromatic rings. The second-order valence-corrected chi connectivity index (χ2v) is 8.37. The van der Waals surface area contributed by atoms with E-state index in [0.717, 1.165) is 27.6 Å². The summed E-state index contributed by atoms with van der Waals surface area (Å²) in [7, 11) is 0. The number of benzene rings is 4. The highest BCUT2D eigenvalue weighted by atomic mass is 35.5. The number of hydrogen-bond acceptors (Lipinski definition) is 3. The van der Waals surface area contributed by atoms with E-state index in [0.29, 0.717) is 16.5 Å². The van der Waals surface area contributed by atoms with E-state index in [9.17, 15) is 4.79 Å². The molecule has 0 aliphatic rings. The van der Waals surface area contributed by atoms with Crippen molar-refractivity contribution in [2.24, 2.45) is 0 Å². The van der Waals surface area contributed by atoms with Gasteiger partial charge in [-0.1, -0.05) is 66.2 Å². The van der Waals surface area contributed by atoms with E-state index >= 15 is 0 Å². The third kappa shape index (κ3) is 4.11. The van der Waals surface area contributed by atoms with Crippen molar-refractivity contribution in [2.75, 3.05) is 5.32 Å². The average Bonchev–Trinajstić information content (AvgIpc) is 3.27. The normalized spacial score (nSPS) is 11.0. The maximum atomic E-state index is 13.2. The Morgan fingerprint density at radius 1 is 0.879 bits per heavy atom. The van der Waals surface area contributed by atoms with Crippen molar-refractivity contribution in [1.29, 1.82) is 0 Å². The van der Waals surface area contributed by atoms with E-state index in [-0.39, 0.29) is 11.7 Å². The molecule has 0 spiro atoms. The minimum atomic E-state index is -0.378. The van der Waals surface area contributed by atoms with Crippen molar-refractivity contribution in [2.45, 2.75) is 13.8 Å². The molecule has 162 valence electrons. The van der Waals surface area contributed by atoms with E-state index in [2.05, 4.69) is 22.3 Å². The number of carbonyl (C=O) groups excluding carboxylic acids is 1. The Morgan fingerprint density at radius 2 is 1.67 bits per heavy atom. The maximum absolute atomic E-state index is 13.2. The molecule has 0 fully saturated rings. The van der Waals surface area contributed by atoms with Crippen LogP contribution in [0.4, 0.5) is 5.69 Å². The number of rotatable bonds is 4. The minimum Gasteiger partial charge on any atom is -0.319 e. The quantitative estimate of drug-likeness (QED) is 0.333. The molecule has 0 bridgehead atoms. The van der Waals surface area contributed by atoms with Gasteiger partial charge in [-0.05, 0) is 60.7 Å². The van der Waals surface area contributed by atoms with Crippen molar-refractivity contribution in [3.63, 3.8) is 0 Å². The Hall–Kier alpha value is -3.96. The number of nitrogens with zero attached hydrogens (tertiary/aromatic N) is 3. The van der Waals surface area contributed by atoms with Gasteiger partial charge in [0.15, 0.2) is 5.82 Å². The first kappa shape index (κ1) is 20.9. The van der Waals surface area contributed by atoms with Gasteiger partial charge in [0.05, 0.1) is 5.69 Å². The van der Waals surface area contributed by atoms with Gasteiger partial charge in [0, 0.05) is 21.7 Å². The zero-order chi connectivity index (χ0) is 22.9. The van der Waals surface area contributed by atoms with Gasteiger partial charge in [-0.15, -0.1) is 5.10 Å². The molecule has 6 heteroatoms. The van der Waals surface area contributed by atoms with Crippen molar-refractivity contribution < 1.29 is 4.79 Å². The molecule has 5 rings (SSSR count). The number of hydrogen-bond donors (Lipinski definition) is 1. The predicted octanol–water partition coefficient (Wildman–Crippen LogP) is 6.61. The molecule has 33 heavy (non-hydrogen) atoms. The summed E-state index contributed by atoms with van der Waals surface area (Å²) in [5.41, 5.74) is 4.62. The van der Waals surface area contributed by atoms with Gasteiger partial charge < -0.3 is 5.32 Å². The Balaban J connectivity index is 1.59. The lowest BCUT2D eigenvalue weighted by atomic mass is 10.1. The highest BCUT2D eigenvalue weighted by Gasteiger charge is 2.20. The number of aromatic nitrogens is 3. The summed E-state index contributed by atoms with van der Waals surface area (Å²) in [6.45, 7) is 4.10.